The molecule has 8 nitrogen and oxygen atoms in total. The molecule has 1 amide bonds. The number of ether oxygens (including phenoxy) is 1. The number of nitrogens with one attached hydrogen (secondary N) is 1. The zero-order valence-corrected chi connectivity index (χ0v) is 16.6. The number of nitrogens with zero attached hydrogens (tertiary/aromatic N) is 4. The molecule has 2 aromatic heterocycles. The number of carbonyl (C=O) groups is 2. The first-order chi connectivity index (χ1) is 14.5. The third-order valence-electron chi connectivity index (χ3n) is 4.76. The topological polar surface area (TPSA) is 110 Å². The molecule has 0 fully saturated rings. The van der Waals surface area contributed by atoms with Gasteiger partial charge in [-0.15, -0.1) is 0 Å². The predicted molar refractivity (Wildman–Crippen MR) is 109 cm³/mol. The first-order valence-corrected chi connectivity index (χ1v) is 9.34. The van der Waals surface area contributed by atoms with Crippen molar-refractivity contribution in [3.8, 4) is 11.9 Å². The summed E-state index contributed by atoms with van der Waals surface area (Å²) in [6.07, 6.45) is 6.82. The van der Waals surface area contributed by atoms with Crippen molar-refractivity contribution in [3.63, 3.8) is 0 Å². The summed E-state index contributed by atoms with van der Waals surface area (Å²) in [6, 6.07) is 12.0. The Hall–Kier alpha value is -3.99. The minimum Gasteiger partial charge on any atom is -0.469 e. The van der Waals surface area contributed by atoms with E-state index in [0.717, 1.165) is 5.56 Å². The van der Waals surface area contributed by atoms with Crippen LogP contribution in [0.3, 0.4) is 0 Å². The predicted octanol–water partition coefficient (Wildman–Crippen LogP) is 2.29. The molecule has 0 bridgehead atoms. The van der Waals surface area contributed by atoms with E-state index in [0.29, 0.717) is 23.4 Å². The Morgan fingerprint density at radius 2 is 2.13 bits per heavy atom. The number of hydrogen-bond acceptors (Lipinski definition) is 6. The molecule has 8 heteroatoms. The van der Waals surface area contributed by atoms with Gasteiger partial charge < -0.3 is 10.1 Å². The fourth-order valence-corrected chi connectivity index (χ4v) is 3.10. The van der Waals surface area contributed by atoms with Crippen LogP contribution in [0.25, 0.3) is 5.82 Å². The zero-order chi connectivity index (χ0) is 21.5. The van der Waals surface area contributed by atoms with Gasteiger partial charge in [-0.3, -0.25) is 14.2 Å². The summed E-state index contributed by atoms with van der Waals surface area (Å²) in [5.41, 5.74) is 1.70. The van der Waals surface area contributed by atoms with Crippen molar-refractivity contribution in [2.24, 2.45) is 5.92 Å². The van der Waals surface area contributed by atoms with Crippen LogP contribution in [0.5, 0.6) is 0 Å². The molecular weight excluding hydrogens is 382 g/mol. The average molecular weight is 403 g/mol. The van der Waals surface area contributed by atoms with Gasteiger partial charge >= 0.3 is 5.97 Å². The number of esters is 1. The number of nitriles is 1. The van der Waals surface area contributed by atoms with Gasteiger partial charge in [0.05, 0.1) is 30.2 Å². The highest BCUT2D eigenvalue weighted by Gasteiger charge is 2.28. The van der Waals surface area contributed by atoms with E-state index in [9.17, 15) is 9.59 Å². The van der Waals surface area contributed by atoms with Crippen molar-refractivity contribution in [1.82, 2.24) is 19.9 Å². The monoisotopic (exact) mass is 403 g/mol. The molecule has 2 heterocycles. The molecule has 30 heavy (non-hydrogen) atoms. The van der Waals surface area contributed by atoms with Crippen LogP contribution in [0.2, 0.25) is 0 Å². The summed E-state index contributed by atoms with van der Waals surface area (Å²) in [7, 11) is 1.31. The molecule has 3 aromatic rings. The van der Waals surface area contributed by atoms with Crippen molar-refractivity contribution in [2.75, 3.05) is 7.11 Å². The van der Waals surface area contributed by atoms with Crippen molar-refractivity contribution in [3.05, 3.63) is 78.0 Å². The maximum atomic E-state index is 12.7. The normalized spacial score (nSPS) is 12.4. The SMILES string of the molecule is COC(=O)C(Cc1cccc(C#N)c1)C(C)NC(=O)c1ccc(-n2ccnc2)nc1. The number of methoxy groups -OCH3 is 1. The Balaban J connectivity index is 1.71. The van der Waals surface area contributed by atoms with Gasteiger partial charge in [-0.1, -0.05) is 12.1 Å². The highest BCUT2D eigenvalue weighted by atomic mass is 16.5. The first-order valence-electron chi connectivity index (χ1n) is 9.34. The number of hydrogen-bond donors (Lipinski definition) is 1. The minimum atomic E-state index is -0.605. The Bertz CT molecular complexity index is 1060. The van der Waals surface area contributed by atoms with Crippen LogP contribution >= 0.6 is 0 Å². The van der Waals surface area contributed by atoms with Crippen LogP contribution in [0.4, 0.5) is 0 Å². The molecule has 2 atom stereocenters. The van der Waals surface area contributed by atoms with Crippen LogP contribution in [-0.2, 0) is 16.0 Å². The molecule has 0 aliphatic rings. The number of rotatable bonds is 7. The van der Waals surface area contributed by atoms with Crippen molar-refractivity contribution >= 4 is 11.9 Å². The highest BCUT2D eigenvalue weighted by molar-refractivity contribution is 5.94. The molecule has 2 unspecified atom stereocenters. The van der Waals surface area contributed by atoms with Gasteiger partial charge in [0.15, 0.2) is 0 Å². The second-order valence-electron chi connectivity index (χ2n) is 6.78. The van der Waals surface area contributed by atoms with E-state index in [1.807, 2.05) is 6.07 Å². The van der Waals surface area contributed by atoms with Gasteiger partial charge in [0, 0.05) is 24.6 Å². The van der Waals surface area contributed by atoms with Gasteiger partial charge in [0.2, 0.25) is 0 Å². The maximum absolute atomic E-state index is 12.7. The molecule has 3 rings (SSSR count). The number of carbonyl (C=O) groups excluding carboxylic acids is 2. The molecule has 0 aliphatic carbocycles. The van der Waals surface area contributed by atoms with Crippen molar-refractivity contribution in [2.45, 2.75) is 19.4 Å². The standard InChI is InChI=1S/C22H21N5O3/c1-15(19(22(29)30-2)11-16-4-3-5-17(10-16)12-23)26-21(28)18-6-7-20(25-13-18)27-9-8-24-14-27/h3-10,13-15,19H,11H2,1-2H3,(H,26,28). The van der Waals surface area contributed by atoms with Crippen LogP contribution in [0.1, 0.15) is 28.4 Å². The molecule has 0 spiro atoms. The molecule has 1 N–H and O–H groups in total. The zero-order valence-electron chi connectivity index (χ0n) is 16.6. The Morgan fingerprint density at radius 1 is 1.30 bits per heavy atom. The number of imidazole rings is 1. The van der Waals surface area contributed by atoms with Crippen molar-refractivity contribution in [1.29, 1.82) is 5.26 Å². The van der Waals surface area contributed by atoms with Gasteiger partial charge in [-0.05, 0) is 43.2 Å². The van der Waals surface area contributed by atoms with Gasteiger partial charge in [0.1, 0.15) is 12.1 Å². The summed E-state index contributed by atoms with van der Waals surface area (Å²) in [4.78, 5) is 33.2. The minimum absolute atomic E-state index is 0.335. The quantitative estimate of drug-likeness (QED) is 0.606. The smallest absolute Gasteiger partial charge is 0.311 e. The Labute approximate surface area is 174 Å². The maximum Gasteiger partial charge on any atom is 0.311 e. The largest absolute Gasteiger partial charge is 0.469 e. The van der Waals surface area contributed by atoms with Crippen LogP contribution in [0, 0.1) is 17.2 Å². The van der Waals surface area contributed by atoms with E-state index in [-0.39, 0.29) is 5.91 Å². The third kappa shape index (κ3) is 4.89. The highest BCUT2D eigenvalue weighted by Crippen LogP contribution is 2.17. The first kappa shape index (κ1) is 20.7. The Kier molecular flexibility index (Phi) is 6.55. The summed E-state index contributed by atoms with van der Waals surface area (Å²) < 4.78 is 6.66. The van der Waals surface area contributed by atoms with E-state index in [2.05, 4.69) is 21.4 Å². The second kappa shape index (κ2) is 9.47. The molecule has 1 aromatic carbocycles. The average Bonchev–Trinajstić information content (AvgIpc) is 3.32. The lowest BCUT2D eigenvalue weighted by Crippen LogP contribution is -2.42. The number of aromatic nitrogens is 3. The number of benzene rings is 1. The van der Waals surface area contributed by atoms with E-state index < -0.39 is 17.9 Å². The summed E-state index contributed by atoms with van der Waals surface area (Å²) >= 11 is 0. The number of amides is 1. The van der Waals surface area contributed by atoms with Gasteiger partial charge in [0.25, 0.3) is 5.91 Å². The van der Waals surface area contributed by atoms with Crippen LogP contribution in [-0.4, -0.2) is 39.6 Å². The lowest BCUT2D eigenvalue weighted by Gasteiger charge is -2.23. The summed E-state index contributed by atoms with van der Waals surface area (Å²) in [5, 5.41) is 11.9. The second-order valence-corrected chi connectivity index (χ2v) is 6.78. The van der Waals surface area contributed by atoms with E-state index in [1.165, 1.54) is 13.3 Å². The summed E-state index contributed by atoms with van der Waals surface area (Å²) in [5.74, 6) is -0.737. The molecule has 0 radical (unpaired) electrons. The molecule has 0 saturated heterocycles. The lowest BCUT2D eigenvalue weighted by atomic mass is 9.92. The van der Waals surface area contributed by atoms with Crippen LogP contribution in [0.15, 0.2) is 61.3 Å². The fourth-order valence-electron chi connectivity index (χ4n) is 3.10. The fraction of sp³-hybridized carbons (Fsp3) is 0.227. The van der Waals surface area contributed by atoms with E-state index >= 15 is 0 Å². The molecule has 0 saturated carbocycles. The van der Waals surface area contributed by atoms with E-state index in [1.54, 1.807) is 60.5 Å². The summed E-state index contributed by atoms with van der Waals surface area (Å²) in [6.45, 7) is 1.75. The lowest BCUT2D eigenvalue weighted by molar-refractivity contribution is -0.146. The third-order valence-corrected chi connectivity index (χ3v) is 4.76. The molecule has 0 aliphatic heterocycles. The van der Waals surface area contributed by atoms with Crippen molar-refractivity contribution < 1.29 is 14.3 Å². The molecule has 152 valence electrons. The number of pyridine rings is 1. The van der Waals surface area contributed by atoms with Crippen LogP contribution < -0.4 is 5.32 Å². The van der Waals surface area contributed by atoms with E-state index in [4.69, 9.17) is 10.00 Å². The van der Waals surface area contributed by atoms with Gasteiger partial charge in [-0.25, -0.2) is 9.97 Å². The van der Waals surface area contributed by atoms with Gasteiger partial charge in [-0.2, -0.15) is 5.26 Å². The molecular formula is C22H21N5O3. The Morgan fingerprint density at radius 3 is 2.77 bits per heavy atom.